The Hall–Kier alpha value is -1.58. The molecule has 0 aromatic carbocycles. The van der Waals surface area contributed by atoms with Gasteiger partial charge in [0.2, 0.25) is 0 Å². The van der Waals surface area contributed by atoms with Crippen molar-refractivity contribution in [3.05, 3.63) is 18.5 Å². The highest BCUT2D eigenvalue weighted by atomic mass is 15.3. The van der Waals surface area contributed by atoms with E-state index >= 15 is 0 Å². The van der Waals surface area contributed by atoms with Crippen LogP contribution in [0, 0.1) is 0 Å². The van der Waals surface area contributed by atoms with E-state index in [-0.39, 0.29) is 0 Å². The van der Waals surface area contributed by atoms with Crippen LogP contribution in [0.3, 0.4) is 0 Å². The molecule has 0 radical (unpaired) electrons. The second-order valence-corrected chi connectivity index (χ2v) is 2.40. The van der Waals surface area contributed by atoms with Crippen molar-refractivity contribution in [2.24, 2.45) is 7.05 Å². The largest absolute Gasteiger partial charge is 0.383 e. The summed E-state index contributed by atoms with van der Waals surface area (Å²) in [6.45, 7) is 0. The molecule has 2 N–H and O–H groups in total. The van der Waals surface area contributed by atoms with Crippen LogP contribution in [-0.2, 0) is 7.05 Å². The molecule has 56 valence electrons. The van der Waals surface area contributed by atoms with E-state index in [2.05, 4.69) is 10.1 Å². The summed E-state index contributed by atoms with van der Waals surface area (Å²) < 4.78 is 1.65. The first kappa shape index (κ1) is 6.15. The predicted molar refractivity (Wildman–Crippen MR) is 42.9 cm³/mol. The van der Waals surface area contributed by atoms with Crippen LogP contribution < -0.4 is 5.73 Å². The zero-order chi connectivity index (χ0) is 7.84. The number of hydrogen-bond donors (Lipinski definition) is 1. The Bertz CT molecular complexity index is 390. The van der Waals surface area contributed by atoms with Crippen LogP contribution in [0.15, 0.2) is 18.5 Å². The summed E-state index contributed by atoms with van der Waals surface area (Å²) >= 11 is 0. The van der Waals surface area contributed by atoms with Crippen LogP contribution in [-0.4, -0.2) is 14.8 Å². The molecular weight excluding hydrogens is 140 g/mol. The minimum absolute atomic E-state index is 0.660. The van der Waals surface area contributed by atoms with Crippen molar-refractivity contribution in [3.8, 4) is 0 Å². The van der Waals surface area contributed by atoms with Gasteiger partial charge in [-0.2, -0.15) is 5.10 Å². The highest BCUT2D eigenvalue weighted by Crippen LogP contribution is 2.16. The third-order valence-corrected chi connectivity index (χ3v) is 1.68. The summed E-state index contributed by atoms with van der Waals surface area (Å²) in [6.07, 6.45) is 3.42. The average molecular weight is 148 g/mol. The van der Waals surface area contributed by atoms with Gasteiger partial charge < -0.3 is 5.73 Å². The first-order chi connectivity index (χ1) is 5.29. The molecule has 0 atom stereocenters. The van der Waals surface area contributed by atoms with Gasteiger partial charge in [0.1, 0.15) is 5.82 Å². The maximum Gasteiger partial charge on any atom is 0.130 e. The minimum Gasteiger partial charge on any atom is -0.383 e. The molecule has 2 aromatic heterocycles. The van der Waals surface area contributed by atoms with Crippen molar-refractivity contribution in [1.82, 2.24) is 14.8 Å². The van der Waals surface area contributed by atoms with Crippen molar-refractivity contribution in [1.29, 1.82) is 0 Å². The molecule has 0 amide bonds. The molecule has 2 heterocycles. The number of nitrogen functional groups attached to an aromatic ring is 1. The van der Waals surface area contributed by atoms with Gasteiger partial charge in [-0.3, -0.25) is 9.67 Å². The Balaban J connectivity index is 2.92. The monoisotopic (exact) mass is 148 g/mol. The van der Waals surface area contributed by atoms with Gasteiger partial charge in [0.25, 0.3) is 0 Å². The zero-order valence-corrected chi connectivity index (χ0v) is 6.15. The van der Waals surface area contributed by atoms with Gasteiger partial charge in [-0.05, 0) is 6.07 Å². The molecular formula is C7H8N4. The lowest BCUT2D eigenvalue weighted by Crippen LogP contribution is -1.96. The number of aryl methyl sites for hydroxylation is 1. The quantitative estimate of drug-likeness (QED) is 0.593. The van der Waals surface area contributed by atoms with Crippen LogP contribution in [0.2, 0.25) is 0 Å². The van der Waals surface area contributed by atoms with Crippen molar-refractivity contribution < 1.29 is 0 Å². The van der Waals surface area contributed by atoms with E-state index in [4.69, 9.17) is 5.73 Å². The summed E-state index contributed by atoms with van der Waals surface area (Å²) in [5, 5.41) is 5.08. The van der Waals surface area contributed by atoms with Crippen molar-refractivity contribution in [2.75, 3.05) is 5.73 Å². The molecule has 11 heavy (non-hydrogen) atoms. The summed E-state index contributed by atoms with van der Waals surface area (Å²) in [5.41, 5.74) is 6.59. The number of nitrogens with zero attached hydrogens (tertiary/aromatic N) is 3. The summed E-state index contributed by atoms with van der Waals surface area (Å²) in [4.78, 5) is 3.95. The molecule has 0 saturated heterocycles. The van der Waals surface area contributed by atoms with Gasteiger partial charge in [0, 0.05) is 19.4 Å². The van der Waals surface area contributed by atoms with E-state index in [1.807, 2.05) is 13.1 Å². The molecule has 2 rings (SSSR count). The van der Waals surface area contributed by atoms with E-state index in [9.17, 15) is 0 Å². The molecule has 0 saturated carbocycles. The number of fused-ring (bicyclic) bond motifs is 1. The lowest BCUT2D eigenvalue weighted by molar-refractivity contribution is 0.791. The Kier molecular flexibility index (Phi) is 1.09. The maximum atomic E-state index is 5.70. The van der Waals surface area contributed by atoms with Crippen molar-refractivity contribution in [2.45, 2.75) is 0 Å². The molecule has 0 aliphatic heterocycles. The summed E-state index contributed by atoms with van der Waals surface area (Å²) in [7, 11) is 1.81. The van der Waals surface area contributed by atoms with Gasteiger partial charge in [-0.15, -0.1) is 0 Å². The van der Waals surface area contributed by atoms with E-state index in [1.54, 1.807) is 17.1 Å². The number of aromatic nitrogens is 3. The lowest BCUT2D eigenvalue weighted by atomic mass is 10.3. The molecule has 2 aromatic rings. The van der Waals surface area contributed by atoms with Gasteiger partial charge in [0.05, 0.1) is 10.9 Å². The topological polar surface area (TPSA) is 56.7 Å². The molecule has 0 spiro atoms. The van der Waals surface area contributed by atoms with Gasteiger partial charge in [-0.25, -0.2) is 0 Å². The number of rotatable bonds is 0. The van der Waals surface area contributed by atoms with Crippen molar-refractivity contribution in [3.63, 3.8) is 0 Å². The van der Waals surface area contributed by atoms with E-state index in [0.29, 0.717) is 5.82 Å². The normalized spacial score (nSPS) is 10.6. The second-order valence-electron chi connectivity index (χ2n) is 2.40. The fraction of sp³-hybridized carbons (Fsp3) is 0.143. The number of hydrogen-bond acceptors (Lipinski definition) is 3. The van der Waals surface area contributed by atoms with Gasteiger partial charge >= 0.3 is 0 Å². The predicted octanol–water partition coefficient (Wildman–Crippen LogP) is 0.550. The highest BCUT2D eigenvalue weighted by Gasteiger charge is 2.02. The third-order valence-electron chi connectivity index (χ3n) is 1.68. The first-order valence-electron chi connectivity index (χ1n) is 3.31. The summed E-state index contributed by atoms with van der Waals surface area (Å²) in [5.74, 6) is 0.660. The Labute approximate surface area is 63.6 Å². The number of nitrogens with two attached hydrogens (primary N) is 1. The van der Waals surface area contributed by atoms with Crippen LogP contribution in [0.1, 0.15) is 0 Å². The lowest BCUT2D eigenvalue weighted by Gasteiger charge is -1.89. The molecule has 0 unspecified atom stereocenters. The summed E-state index contributed by atoms with van der Waals surface area (Å²) in [6, 6.07) is 1.84. The fourth-order valence-electron chi connectivity index (χ4n) is 1.06. The standard InChI is InChI=1S/C7H8N4/c1-11-7(8)5-4-9-3-2-6(5)10-11/h2-4H,8H2,1H3. The maximum absolute atomic E-state index is 5.70. The van der Waals surface area contributed by atoms with Crippen molar-refractivity contribution >= 4 is 16.7 Å². The van der Waals surface area contributed by atoms with E-state index in [1.165, 1.54) is 0 Å². The Morgan fingerprint density at radius 3 is 3.09 bits per heavy atom. The third kappa shape index (κ3) is 0.756. The molecule has 4 heteroatoms. The Morgan fingerprint density at radius 1 is 1.55 bits per heavy atom. The Morgan fingerprint density at radius 2 is 2.36 bits per heavy atom. The van der Waals surface area contributed by atoms with E-state index in [0.717, 1.165) is 10.9 Å². The minimum atomic E-state index is 0.660. The highest BCUT2D eigenvalue weighted by molar-refractivity contribution is 5.87. The van der Waals surface area contributed by atoms with Crippen LogP contribution >= 0.6 is 0 Å². The first-order valence-corrected chi connectivity index (χ1v) is 3.31. The average Bonchev–Trinajstić information content (AvgIpc) is 2.30. The van der Waals surface area contributed by atoms with Gasteiger partial charge in [0.15, 0.2) is 0 Å². The smallest absolute Gasteiger partial charge is 0.130 e. The second kappa shape index (κ2) is 1.95. The van der Waals surface area contributed by atoms with Crippen LogP contribution in [0.4, 0.5) is 5.82 Å². The van der Waals surface area contributed by atoms with Crippen LogP contribution in [0.5, 0.6) is 0 Å². The SMILES string of the molecule is Cn1nc2ccncc2c1N. The zero-order valence-electron chi connectivity index (χ0n) is 6.15. The molecule has 0 aliphatic rings. The van der Waals surface area contributed by atoms with Crippen LogP contribution in [0.25, 0.3) is 10.9 Å². The molecule has 0 bridgehead atoms. The molecule has 0 fully saturated rings. The van der Waals surface area contributed by atoms with E-state index < -0.39 is 0 Å². The fourth-order valence-corrected chi connectivity index (χ4v) is 1.06. The number of pyridine rings is 1. The number of anilines is 1. The van der Waals surface area contributed by atoms with Gasteiger partial charge in [-0.1, -0.05) is 0 Å². The molecule has 0 aliphatic carbocycles. The molecule has 4 nitrogen and oxygen atoms in total.